The molecule has 174 valence electrons. The highest BCUT2D eigenvalue weighted by molar-refractivity contribution is 7.89. The van der Waals surface area contributed by atoms with E-state index >= 15 is 0 Å². The van der Waals surface area contributed by atoms with Gasteiger partial charge in [0.15, 0.2) is 0 Å². The van der Waals surface area contributed by atoms with Crippen LogP contribution in [0.4, 0.5) is 0 Å². The molecule has 1 aromatic rings. The third-order valence-corrected chi connectivity index (χ3v) is 8.02. The van der Waals surface area contributed by atoms with Crippen LogP contribution in [0.15, 0.2) is 29.2 Å². The Bertz CT molecular complexity index is 701. The van der Waals surface area contributed by atoms with Gasteiger partial charge in [0.25, 0.3) is 0 Å². The Morgan fingerprint density at radius 2 is 1.67 bits per heavy atom. The molecule has 2 atom stereocenters. The molecule has 0 heterocycles. The van der Waals surface area contributed by atoms with Crippen LogP contribution in [0.25, 0.3) is 0 Å². The summed E-state index contributed by atoms with van der Waals surface area (Å²) in [6.07, 6.45) is 1.42. The molecule has 8 heteroatoms. The van der Waals surface area contributed by atoms with Gasteiger partial charge in [-0.2, -0.15) is 4.72 Å². The lowest BCUT2D eigenvalue weighted by molar-refractivity contribution is 0.0231. The minimum atomic E-state index is -3.59. The summed E-state index contributed by atoms with van der Waals surface area (Å²) < 4.78 is 38.3. The number of aliphatic hydroxyl groups excluding tert-OH is 1. The van der Waals surface area contributed by atoms with Gasteiger partial charge in [0.05, 0.1) is 24.2 Å². The fourth-order valence-corrected chi connectivity index (χ4v) is 4.34. The molecule has 0 unspecified atom stereocenters. The van der Waals surface area contributed by atoms with E-state index in [1.54, 1.807) is 24.3 Å². The van der Waals surface area contributed by atoms with Crippen molar-refractivity contribution in [3.8, 4) is 0 Å². The first-order valence-electron chi connectivity index (χ1n) is 10.8. The summed E-state index contributed by atoms with van der Waals surface area (Å²) in [7, 11) is -4.77. The predicted octanol–water partition coefficient (Wildman–Crippen LogP) is 4.23. The summed E-state index contributed by atoms with van der Waals surface area (Å²) in [6.45, 7) is 14.4. The number of benzene rings is 1. The van der Waals surface area contributed by atoms with E-state index in [4.69, 9.17) is 9.47 Å². The van der Waals surface area contributed by atoms with E-state index in [0.717, 1.165) is 24.4 Å². The molecule has 0 bridgehead atoms. The second kappa shape index (κ2) is 12.9. The van der Waals surface area contributed by atoms with Crippen molar-refractivity contribution in [2.24, 2.45) is 11.8 Å². The van der Waals surface area contributed by atoms with Gasteiger partial charge in [-0.15, -0.1) is 0 Å². The number of sulfonamides is 1. The zero-order valence-electron chi connectivity index (χ0n) is 19.5. The first-order valence-corrected chi connectivity index (χ1v) is 16.0. The van der Waals surface area contributed by atoms with E-state index in [0.29, 0.717) is 25.7 Å². The average molecular weight is 460 g/mol. The van der Waals surface area contributed by atoms with Gasteiger partial charge in [-0.3, -0.25) is 0 Å². The Balaban J connectivity index is 2.39. The molecule has 0 fully saturated rings. The third kappa shape index (κ3) is 11.6. The molecular weight excluding hydrogens is 418 g/mol. The van der Waals surface area contributed by atoms with Crippen LogP contribution in [-0.4, -0.2) is 47.6 Å². The van der Waals surface area contributed by atoms with E-state index in [1.165, 1.54) is 0 Å². The summed E-state index contributed by atoms with van der Waals surface area (Å²) in [4.78, 5) is 0.206. The smallest absolute Gasteiger partial charge is 0.242 e. The highest BCUT2D eigenvalue weighted by Crippen LogP contribution is 2.16. The minimum absolute atomic E-state index is 0.0191. The van der Waals surface area contributed by atoms with Crippen molar-refractivity contribution in [1.29, 1.82) is 0 Å². The van der Waals surface area contributed by atoms with Crippen LogP contribution >= 0.6 is 0 Å². The van der Waals surface area contributed by atoms with Gasteiger partial charge < -0.3 is 14.6 Å². The molecule has 0 radical (unpaired) electrons. The topological polar surface area (TPSA) is 84.9 Å². The zero-order chi connectivity index (χ0) is 22.8. The van der Waals surface area contributed by atoms with Crippen LogP contribution < -0.4 is 4.72 Å². The second-order valence-electron chi connectivity index (χ2n) is 9.69. The molecule has 30 heavy (non-hydrogen) atoms. The van der Waals surface area contributed by atoms with Crippen LogP contribution in [0.3, 0.4) is 0 Å². The van der Waals surface area contributed by atoms with E-state index < -0.39 is 18.1 Å². The van der Waals surface area contributed by atoms with Gasteiger partial charge in [0.2, 0.25) is 10.0 Å². The number of ether oxygens (including phenoxy) is 2. The van der Waals surface area contributed by atoms with Gasteiger partial charge in [0.1, 0.15) is 6.73 Å². The van der Waals surface area contributed by atoms with Crippen LogP contribution in [0.1, 0.15) is 39.2 Å². The Kier molecular flexibility index (Phi) is 11.8. The molecule has 0 aliphatic rings. The van der Waals surface area contributed by atoms with Crippen LogP contribution in [-0.2, 0) is 26.1 Å². The highest BCUT2D eigenvalue weighted by Gasteiger charge is 2.16. The van der Waals surface area contributed by atoms with Gasteiger partial charge in [0, 0.05) is 20.6 Å². The number of hydrogen-bond donors (Lipinski definition) is 2. The Labute approximate surface area is 184 Å². The molecule has 1 rings (SSSR count). The number of hydrogen-bond acceptors (Lipinski definition) is 5. The van der Waals surface area contributed by atoms with Gasteiger partial charge in [-0.05, 0) is 42.5 Å². The fraction of sp³-hybridized carbons (Fsp3) is 0.727. The maximum absolute atomic E-state index is 12.3. The van der Waals surface area contributed by atoms with Crippen LogP contribution in [0.2, 0.25) is 25.7 Å². The molecule has 0 aromatic heterocycles. The molecule has 0 saturated heterocycles. The Morgan fingerprint density at radius 3 is 2.23 bits per heavy atom. The van der Waals surface area contributed by atoms with Crippen molar-refractivity contribution in [2.45, 2.75) is 76.9 Å². The third-order valence-electron chi connectivity index (χ3n) is 4.93. The Morgan fingerprint density at radius 1 is 1.03 bits per heavy atom. The molecule has 6 nitrogen and oxygen atoms in total. The summed E-state index contributed by atoms with van der Waals surface area (Å²) in [5.74, 6) is 0.641. The van der Waals surface area contributed by atoms with E-state index in [-0.39, 0.29) is 23.6 Å². The van der Waals surface area contributed by atoms with Gasteiger partial charge in [-0.25, -0.2) is 8.42 Å². The van der Waals surface area contributed by atoms with Crippen molar-refractivity contribution >= 4 is 18.1 Å². The molecule has 0 spiro atoms. The van der Waals surface area contributed by atoms with E-state index in [9.17, 15) is 13.5 Å². The summed E-state index contributed by atoms with van der Waals surface area (Å²) in [5.41, 5.74) is 0.893. The molecule has 0 aliphatic carbocycles. The van der Waals surface area contributed by atoms with E-state index in [1.807, 2.05) is 6.92 Å². The lowest BCUT2D eigenvalue weighted by atomic mass is 9.97. The average Bonchev–Trinajstić information content (AvgIpc) is 2.65. The number of nitrogens with one attached hydrogen (secondary N) is 1. The SMILES string of the molecule is CC(C)CC[C@H](O)[C@@H](C)COCc1ccc(S(=O)(=O)NCOCC[Si](C)(C)C)cc1. The molecule has 1 aromatic carbocycles. The minimum Gasteiger partial charge on any atom is -0.393 e. The Hall–Kier alpha value is -0.773. The van der Waals surface area contributed by atoms with Crippen molar-refractivity contribution < 1.29 is 23.0 Å². The molecular formula is C22H41NO5SSi. The first-order chi connectivity index (χ1) is 13.9. The normalized spacial score (nSPS) is 14.8. The molecule has 0 amide bonds. The van der Waals surface area contributed by atoms with Crippen LogP contribution in [0, 0.1) is 11.8 Å². The lowest BCUT2D eigenvalue weighted by Crippen LogP contribution is -2.28. The fourth-order valence-electron chi connectivity index (χ4n) is 2.68. The summed E-state index contributed by atoms with van der Waals surface area (Å²) in [6, 6.07) is 7.64. The molecule has 0 aliphatic heterocycles. The summed E-state index contributed by atoms with van der Waals surface area (Å²) in [5, 5.41) is 10.2. The quantitative estimate of drug-likeness (QED) is 0.233. The lowest BCUT2D eigenvalue weighted by Gasteiger charge is -2.19. The standard InChI is InChI=1S/C22H41NO5SSi/c1-18(2)7-12-22(24)19(3)15-28-16-20-8-10-21(11-9-20)29(25,26)23-17-27-13-14-30(4,5)6/h8-11,18-19,22-24H,7,12-17H2,1-6H3/t19-,22-/m0/s1. The highest BCUT2D eigenvalue weighted by atomic mass is 32.2. The van der Waals surface area contributed by atoms with Gasteiger partial charge in [-0.1, -0.05) is 52.5 Å². The predicted molar refractivity (Wildman–Crippen MR) is 125 cm³/mol. The second-order valence-corrected chi connectivity index (χ2v) is 17.1. The molecule has 2 N–H and O–H groups in total. The first kappa shape index (κ1) is 27.3. The maximum Gasteiger partial charge on any atom is 0.242 e. The van der Waals surface area contributed by atoms with Crippen LogP contribution in [0.5, 0.6) is 0 Å². The largest absolute Gasteiger partial charge is 0.393 e. The zero-order valence-corrected chi connectivity index (χ0v) is 21.3. The summed E-state index contributed by atoms with van der Waals surface area (Å²) >= 11 is 0. The van der Waals surface area contributed by atoms with Crippen molar-refractivity contribution in [3.63, 3.8) is 0 Å². The number of rotatable bonds is 15. The number of aliphatic hydroxyl groups is 1. The molecule has 0 saturated carbocycles. The van der Waals surface area contributed by atoms with Crippen molar-refractivity contribution in [1.82, 2.24) is 4.72 Å². The monoisotopic (exact) mass is 459 g/mol. The van der Waals surface area contributed by atoms with E-state index in [2.05, 4.69) is 38.2 Å². The van der Waals surface area contributed by atoms with Crippen molar-refractivity contribution in [3.05, 3.63) is 29.8 Å². The maximum atomic E-state index is 12.3. The van der Waals surface area contributed by atoms with Crippen molar-refractivity contribution in [2.75, 3.05) is 19.9 Å². The van der Waals surface area contributed by atoms with Gasteiger partial charge >= 0.3 is 0 Å².